The third-order valence-corrected chi connectivity index (χ3v) is 8.89. The number of hydrogen-bond donors (Lipinski definition) is 4. The number of rotatable bonds is 26. The molecule has 0 radical (unpaired) electrons. The van der Waals surface area contributed by atoms with Crippen LogP contribution in [0.5, 0.6) is 0 Å². The van der Waals surface area contributed by atoms with Gasteiger partial charge in [0.2, 0.25) is 11.8 Å². The molecule has 0 saturated carbocycles. The SMILES string of the molecule is CCCCCCN(C(=O)CCCC)C(CC(OC(=O)NCC(C)(C)COCC(C)(C)COCNC(=O)CN)c1nc(C(=O)O)cs1)C(C)C. The highest BCUT2D eigenvalue weighted by Crippen LogP contribution is 2.31. The van der Waals surface area contributed by atoms with E-state index in [0.717, 1.165) is 49.9 Å². The van der Waals surface area contributed by atoms with Gasteiger partial charge in [-0.1, -0.05) is 81.1 Å². The average Bonchev–Trinajstić information content (AvgIpc) is 3.54. The van der Waals surface area contributed by atoms with Crippen molar-refractivity contribution in [3.05, 3.63) is 16.1 Å². The Labute approximate surface area is 297 Å². The number of nitrogens with one attached hydrogen (secondary N) is 2. The van der Waals surface area contributed by atoms with Crippen molar-refractivity contribution in [1.82, 2.24) is 20.5 Å². The fourth-order valence-corrected chi connectivity index (χ4v) is 5.91. The molecule has 0 saturated heterocycles. The van der Waals surface area contributed by atoms with Gasteiger partial charge in [0.1, 0.15) is 11.7 Å². The van der Waals surface area contributed by atoms with Crippen LogP contribution in [0.4, 0.5) is 4.79 Å². The van der Waals surface area contributed by atoms with E-state index in [4.69, 9.17) is 19.9 Å². The lowest BCUT2D eigenvalue weighted by Crippen LogP contribution is -2.45. The lowest BCUT2D eigenvalue weighted by molar-refractivity contribution is -0.135. The molecule has 14 heteroatoms. The topological polar surface area (TPSA) is 182 Å². The molecule has 0 aliphatic rings. The van der Waals surface area contributed by atoms with Crippen molar-refractivity contribution in [2.24, 2.45) is 22.5 Å². The molecule has 3 amide bonds. The van der Waals surface area contributed by atoms with Crippen molar-refractivity contribution in [2.45, 2.75) is 119 Å². The van der Waals surface area contributed by atoms with Crippen LogP contribution >= 0.6 is 11.3 Å². The number of nitrogens with zero attached hydrogens (tertiary/aromatic N) is 2. The van der Waals surface area contributed by atoms with Gasteiger partial charge in [0.15, 0.2) is 11.8 Å². The summed E-state index contributed by atoms with van der Waals surface area (Å²) < 4.78 is 17.5. The Bertz CT molecular complexity index is 1140. The maximum absolute atomic E-state index is 13.5. The second-order valence-corrected chi connectivity index (χ2v) is 15.4. The molecular formula is C35H63N5O8S. The van der Waals surface area contributed by atoms with Gasteiger partial charge in [0.05, 0.1) is 26.4 Å². The Morgan fingerprint density at radius 1 is 0.959 bits per heavy atom. The lowest BCUT2D eigenvalue weighted by atomic mass is 9.93. The number of carboxylic acids is 1. The molecule has 1 rings (SSSR count). The van der Waals surface area contributed by atoms with Gasteiger partial charge < -0.3 is 40.6 Å². The van der Waals surface area contributed by atoms with Crippen LogP contribution in [-0.4, -0.2) is 91.1 Å². The summed E-state index contributed by atoms with van der Waals surface area (Å²) in [7, 11) is 0. The minimum Gasteiger partial charge on any atom is -0.476 e. The number of unbranched alkanes of at least 4 members (excludes halogenated alkanes) is 4. The Morgan fingerprint density at radius 2 is 1.61 bits per heavy atom. The van der Waals surface area contributed by atoms with Crippen LogP contribution in [-0.2, 0) is 23.8 Å². The van der Waals surface area contributed by atoms with Crippen LogP contribution in [0, 0.1) is 16.7 Å². The summed E-state index contributed by atoms with van der Waals surface area (Å²) in [6.07, 6.45) is 5.04. The maximum atomic E-state index is 13.5. The summed E-state index contributed by atoms with van der Waals surface area (Å²) >= 11 is 1.13. The number of alkyl carbamates (subject to hydrolysis) is 1. The number of amides is 3. The first kappa shape index (κ1) is 44.2. The van der Waals surface area contributed by atoms with Crippen molar-refractivity contribution < 1.29 is 38.5 Å². The van der Waals surface area contributed by atoms with Crippen LogP contribution in [0.1, 0.15) is 128 Å². The summed E-state index contributed by atoms with van der Waals surface area (Å²) in [5.41, 5.74) is 4.40. The molecule has 49 heavy (non-hydrogen) atoms. The van der Waals surface area contributed by atoms with Gasteiger partial charge in [0, 0.05) is 48.2 Å². The van der Waals surface area contributed by atoms with E-state index in [9.17, 15) is 24.3 Å². The highest BCUT2D eigenvalue weighted by atomic mass is 32.1. The van der Waals surface area contributed by atoms with Gasteiger partial charge in [-0.25, -0.2) is 14.6 Å². The zero-order valence-corrected chi connectivity index (χ0v) is 31.9. The van der Waals surface area contributed by atoms with Crippen LogP contribution in [0.2, 0.25) is 0 Å². The van der Waals surface area contributed by atoms with Crippen LogP contribution in [0.25, 0.3) is 0 Å². The number of aromatic carboxylic acids is 1. The molecule has 13 nitrogen and oxygen atoms in total. The highest BCUT2D eigenvalue weighted by molar-refractivity contribution is 7.09. The van der Waals surface area contributed by atoms with E-state index in [1.165, 1.54) is 5.38 Å². The molecule has 1 aromatic rings. The molecule has 5 N–H and O–H groups in total. The third kappa shape index (κ3) is 18.1. The Morgan fingerprint density at radius 3 is 2.20 bits per heavy atom. The first-order chi connectivity index (χ1) is 23.1. The number of thiazole rings is 1. The molecule has 0 aliphatic carbocycles. The fraction of sp³-hybridized carbons (Fsp3) is 0.800. The summed E-state index contributed by atoms with van der Waals surface area (Å²) in [5.74, 6) is -1.31. The van der Waals surface area contributed by atoms with Crippen molar-refractivity contribution in [3.8, 4) is 0 Å². The van der Waals surface area contributed by atoms with Crippen molar-refractivity contribution in [2.75, 3.05) is 46.2 Å². The third-order valence-electron chi connectivity index (χ3n) is 7.95. The monoisotopic (exact) mass is 713 g/mol. The molecule has 2 unspecified atom stereocenters. The summed E-state index contributed by atoms with van der Waals surface area (Å²) in [6, 6.07) is -0.241. The number of nitrogens with two attached hydrogens (primary N) is 1. The van der Waals surface area contributed by atoms with E-state index in [-0.39, 0.29) is 54.7 Å². The Kier molecular flexibility index (Phi) is 20.6. The molecule has 0 aromatic carbocycles. The second kappa shape index (κ2) is 22.8. The molecule has 1 aromatic heterocycles. The molecule has 1 heterocycles. The van der Waals surface area contributed by atoms with E-state index in [2.05, 4.69) is 29.5 Å². The lowest BCUT2D eigenvalue weighted by Gasteiger charge is -2.36. The second-order valence-electron chi connectivity index (χ2n) is 14.5. The standard InChI is InChI=1S/C35H63N5O8S/c1-9-11-13-14-16-40(30(42)15-12-10-2)27(25(3)4)17-28(31-39-26(19-49-31)32(43)44)48-33(45)37-20-34(5,6)21-46-22-35(7,8)23-47-24-38-29(41)18-36/h19,25,27-28H,9-18,20-24,36H2,1-8H3,(H,37,45)(H,38,41)(H,43,44). The maximum Gasteiger partial charge on any atom is 0.407 e. The Hall–Kier alpha value is -2.81. The first-order valence-electron chi connectivity index (χ1n) is 17.6. The van der Waals surface area contributed by atoms with E-state index < -0.39 is 23.6 Å². The van der Waals surface area contributed by atoms with Gasteiger partial charge in [-0.15, -0.1) is 11.3 Å². The van der Waals surface area contributed by atoms with Crippen LogP contribution in [0.15, 0.2) is 5.38 Å². The van der Waals surface area contributed by atoms with E-state index in [0.29, 0.717) is 44.2 Å². The molecular weight excluding hydrogens is 650 g/mol. The molecule has 2 atom stereocenters. The average molecular weight is 714 g/mol. The molecule has 0 bridgehead atoms. The Balaban J connectivity index is 2.98. The van der Waals surface area contributed by atoms with Gasteiger partial charge in [-0.05, 0) is 18.8 Å². The zero-order chi connectivity index (χ0) is 37.0. The highest BCUT2D eigenvalue weighted by Gasteiger charge is 2.33. The normalized spacial score (nSPS) is 13.2. The van der Waals surface area contributed by atoms with Crippen LogP contribution in [0.3, 0.4) is 0 Å². The van der Waals surface area contributed by atoms with Crippen molar-refractivity contribution >= 4 is 35.2 Å². The number of carbonyl (C=O) groups excluding carboxylic acids is 3. The minimum absolute atomic E-state index is 0.0558. The van der Waals surface area contributed by atoms with Crippen molar-refractivity contribution in [3.63, 3.8) is 0 Å². The summed E-state index contributed by atoms with van der Waals surface area (Å²) in [4.78, 5) is 55.9. The largest absolute Gasteiger partial charge is 0.476 e. The smallest absolute Gasteiger partial charge is 0.407 e. The number of carboxylic acid groups (broad SMARTS) is 1. The van der Waals surface area contributed by atoms with Crippen molar-refractivity contribution in [1.29, 1.82) is 0 Å². The predicted molar refractivity (Wildman–Crippen MR) is 191 cm³/mol. The summed E-state index contributed by atoms with van der Waals surface area (Å²) in [6.45, 7) is 18.2. The van der Waals surface area contributed by atoms with Gasteiger partial charge in [-0.3, -0.25) is 9.59 Å². The quantitative estimate of drug-likeness (QED) is 0.0682. The number of carbonyl (C=O) groups is 4. The predicted octanol–water partition coefficient (Wildman–Crippen LogP) is 5.74. The number of aromatic nitrogens is 1. The van der Waals surface area contributed by atoms with Crippen LogP contribution < -0.4 is 16.4 Å². The van der Waals surface area contributed by atoms with Gasteiger partial charge in [-0.2, -0.15) is 0 Å². The fourth-order valence-electron chi connectivity index (χ4n) is 5.08. The molecule has 0 fully saturated rings. The van der Waals surface area contributed by atoms with E-state index in [1.54, 1.807) is 0 Å². The van der Waals surface area contributed by atoms with E-state index in [1.807, 2.05) is 46.4 Å². The molecule has 282 valence electrons. The number of hydrogen-bond acceptors (Lipinski definition) is 10. The first-order valence-corrected chi connectivity index (χ1v) is 18.5. The number of ether oxygens (including phenoxy) is 3. The van der Waals surface area contributed by atoms with Gasteiger partial charge >= 0.3 is 12.1 Å². The molecule has 0 spiro atoms. The zero-order valence-electron chi connectivity index (χ0n) is 31.1. The summed E-state index contributed by atoms with van der Waals surface area (Å²) in [5, 5.41) is 16.8. The van der Waals surface area contributed by atoms with E-state index >= 15 is 0 Å². The molecule has 0 aliphatic heterocycles. The van der Waals surface area contributed by atoms with Gasteiger partial charge in [0.25, 0.3) is 0 Å². The minimum atomic E-state index is -1.16.